The third-order valence-corrected chi connectivity index (χ3v) is 17.0. The number of benzene rings is 7. The summed E-state index contributed by atoms with van der Waals surface area (Å²) in [6.45, 7) is 6.13. The van der Waals surface area contributed by atoms with Crippen LogP contribution in [-0.2, 0) is 0 Å². The van der Waals surface area contributed by atoms with E-state index in [0.29, 0.717) is 0 Å². The second-order valence-corrected chi connectivity index (χ2v) is 19.3. The maximum absolute atomic E-state index is 5.60. The molecule has 11 rings (SSSR count). The molecule has 0 amide bonds. The van der Waals surface area contributed by atoms with E-state index in [9.17, 15) is 0 Å². The number of rotatable bonds is 9. The first-order valence-electron chi connectivity index (χ1n) is 20.7. The van der Waals surface area contributed by atoms with Crippen LogP contribution in [0, 0.1) is 6.92 Å². The molecule has 0 bridgehead atoms. The van der Waals surface area contributed by atoms with Crippen LogP contribution in [0.15, 0.2) is 219 Å². The van der Waals surface area contributed by atoms with Gasteiger partial charge in [0.1, 0.15) is 11.6 Å². The minimum Gasteiger partial charge on any atom is -0.298 e. The summed E-state index contributed by atoms with van der Waals surface area (Å²) >= 11 is 0. The fourth-order valence-corrected chi connectivity index (χ4v) is 14.3. The average molecular weight is 800 g/mol. The van der Waals surface area contributed by atoms with Crippen molar-refractivity contribution in [1.29, 1.82) is 0 Å². The summed E-state index contributed by atoms with van der Waals surface area (Å²) in [4.78, 5) is 11.0. The molecule has 4 heterocycles. The number of pyridine rings is 1. The lowest BCUT2D eigenvalue weighted by molar-refractivity contribution is 0.956. The van der Waals surface area contributed by atoms with Crippen molar-refractivity contribution in [3.05, 3.63) is 230 Å². The van der Waals surface area contributed by atoms with Gasteiger partial charge in [0, 0.05) is 16.6 Å². The Labute approximate surface area is 355 Å². The molecular weight excluding hydrogens is 759 g/mol. The van der Waals surface area contributed by atoms with Gasteiger partial charge in [-0.2, -0.15) is 0 Å². The molecule has 0 aliphatic heterocycles. The van der Waals surface area contributed by atoms with Crippen LogP contribution < -0.4 is 20.7 Å². The van der Waals surface area contributed by atoms with Crippen LogP contribution in [0.4, 0.5) is 0 Å². The monoisotopic (exact) mass is 799 g/mol. The number of nitrogens with zero attached hydrogens (tertiary/aromatic N) is 5. The molecule has 0 spiro atoms. The Morgan fingerprint density at radius 2 is 1.03 bits per heavy atom. The van der Waals surface area contributed by atoms with Gasteiger partial charge in [0.2, 0.25) is 5.78 Å². The summed E-state index contributed by atoms with van der Waals surface area (Å²) in [6.07, 6.45) is 5.97. The van der Waals surface area contributed by atoms with Crippen molar-refractivity contribution >= 4 is 73.6 Å². The molecule has 0 N–H and O–H groups in total. The molecule has 0 aliphatic carbocycles. The summed E-state index contributed by atoms with van der Waals surface area (Å²) < 4.78 is 6.88. The molecule has 4 aromatic heterocycles. The fraction of sp³-hybridized carbons (Fsp3) is 0.0182. The van der Waals surface area contributed by atoms with Crippen molar-refractivity contribution in [2.24, 2.45) is 0 Å². The molecule has 0 fully saturated rings. The molecule has 5 nitrogen and oxygen atoms in total. The third-order valence-electron chi connectivity index (χ3n) is 12.2. The number of aromatic nitrogens is 5. The average Bonchev–Trinajstić information content (AvgIpc) is 3.95. The summed E-state index contributed by atoms with van der Waals surface area (Å²) in [5, 5.41) is 6.45. The van der Waals surface area contributed by atoms with Gasteiger partial charge < -0.3 is 0 Å². The molecule has 11 aromatic rings. The Morgan fingerprint density at radius 1 is 0.475 bits per heavy atom. The lowest BCUT2D eigenvalue weighted by atomic mass is 10.1. The highest BCUT2D eigenvalue weighted by Gasteiger charge is 2.41. The molecule has 0 radical (unpaired) electrons. The Balaban J connectivity index is 1.24. The first-order chi connectivity index (χ1) is 30.1. The summed E-state index contributed by atoms with van der Waals surface area (Å²) in [5.74, 6) is 2.43. The van der Waals surface area contributed by atoms with Crippen LogP contribution in [0.1, 0.15) is 11.3 Å². The van der Waals surface area contributed by atoms with Crippen molar-refractivity contribution in [3.63, 3.8) is 0 Å². The van der Waals surface area contributed by atoms with Gasteiger partial charge in [-0.15, -0.1) is 0 Å². The van der Waals surface area contributed by atoms with E-state index in [4.69, 9.17) is 9.97 Å². The van der Waals surface area contributed by atoms with Gasteiger partial charge in [-0.05, 0) is 81.3 Å². The van der Waals surface area contributed by atoms with Crippen LogP contribution in [-0.4, -0.2) is 31.6 Å². The fourth-order valence-electron chi connectivity index (χ4n) is 9.51. The van der Waals surface area contributed by atoms with Crippen molar-refractivity contribution in [1.82, 2.24) is 23.5 Å². The van der Waals surface area contributed by atoms with E-state index < -0.39 is 8.07 Å². The molecule has 7 aromatic carbocycles. The largest absolute Gasteiger partial charge is 0.298 e. The van der Waals surface area contributed by atoms with Gasteiger partial charge >= 0.3 is 0 Å². The third kappa shape index (κ3) is 5.75. The summed E-state index contributed by atoms with van der Waals surface area (Å²) in [6, 6.07) is 72.4. The maximum atomic E-state index is 5.60. The van der Waals surface area contributed by atoms with E-state index in [1.54, 1.807) is 0 Å². The number of imidazole rings is 2. The summed E-state index contributed by atoms with van der Waals surface area (Å²) in [7, 11) is -2.84. The predicted molar refractivity (Wildman–Crippen MR) is 257 cm³/mol. The smallest absolute Gasteiger partial charge is 0.221 e. The van der Waals surface area contributed by atoms with Crippen LogP contribution in [0.5, 0.6) is 0 Å². The van der Waals surface area contributed by atoms with E-state index in [1.165, 1.54) is 20.7 Å². The first kappa shape index (κ1) is 36.3. The van der Waals surface area contributed by atoms with Crippen LogP contribution in [0.2, 0.25) is 0 Å². The van der Waals surface area contributed by atoms with Gasteiger partial charge in [-0.1, -0.05) is 183 Å². The van der Waals surface area contributed by atoms with E-state index in [-0.39, 0.29) is 0 Å². The topological polar surface area (TPSA) is 40.0 Å². The SMILES string of the molecule is C=C/C=C\c1c(C)n(-c2cc(-c3ccccc3)cc(-n3c4ccc([Si](c5ccccc5)(c5ccccc5)c5ccccc5)cc4n4c5ccccc5nc34)n2)c2ccccc12. The van der Waals surface area contributed by atoms with E-state index in [1.807, 2.05) is 12.2 Å². The number of hydrogen-bond acceptors (Lipinski definition) is 2. The Hall–Kier alpha value is -7.80. The van der Waals surface area contributed by atoms with Gasteiger partial charge in [0.15, 0.2) is 8.07 Å². The first-order valence-corrected chi connectivity index (χ1v) is 22.7. The van der Waals surface area contributed by atoms with Crippen LogP contribution >= 0.6 is 0 Å². The van der Waals surface area contributed by atoms with Gasteiger partial charge in [0.25, 0.3) is 0 Å². The highest BCUT2D eigenvalue weighted by atomic mass is 28.3. The minimum absolute atomic E-state index is 0.789. The van der Waals surface area contributed by atoms with E-state index in [2.05, 4.69) is 233 Å². The lowest BCUT2D eigenvalue weighted by Gasteiger charge is -2.34. The molecule has 6 heteroatoms. The van der Waals surface area contributed by atoms with Crippen molar-refractivity contribution in [3.8, 4) is 22.8 Å². The molecular formula is C55H41N5Si. The van der Waals surface area contributed by atoms with Crippen molar-refractivity contribution in [2.75, 3.05) is 0 Å². The zero-order chi connectivity index (χ0) is 40.9. The maximum Gasteiger partial charge on any atom is 0.221 e. The molecule has 0 saturated carbocycles. The van der Waals surface area contributed by atoms with E-state index >= 15 is 0 Å². The lowest BCUT2D eigenvalue weighted by Crippen LogP contribution is -2.74. The highest BCUT2D eigenvalue weighted by Crippen LogP contribution is 2.35. The molecule has 0 unspecified atom stereocenters. The summed E-state index contributed by atoms with van der Waals surface area (Å²) in [5.41, 5.74) is 9.61. The zero-order valence-corrected chi connectivity index (χ0v) is 34.7. The van der Waals surface area contributed by atoms with Gasteiger partial charge in [-0.25, -0.2) is 9.97 Å². The number of hydrogen-bond donors (Lipinski definition) is 0. The zero-order valence-electron chi connectivity index (χ0n) is 33.7. The molecule has 290 valence electrons. The minimum atomic E-state index is -2.84. The van der Waals surface area contributed by atoms with Crippen molar-refractivity contribution < 1.29 is 0 Å². The van der Waals surface area contributed by atoms with Crippen LogP contribution in [0.25, 0.3) is 67.6 Å². The molecule has 61 heavy (non-hydrogen) atoms. The van der Waals surface area contributed by atoms with Gasteiger partial charge in [0.05, 0.1) is 27.6 Å². The Bertz CT molecular complexity index is 3340. The second kappa shape index (κ2) is 14.8. The molecule has 0 atom stereocenters. The number of fused-ring (bicyclic) bond motifs is 6. The van der Waals surface area contributed by atoms with E-state index in [0.717, 1.165) is 72.8 Å². The number of para-hydroxylation sites is 3. The van der Waals surface area contributed by atoms with Crippen LogP contribution in [0.3, 0.4) is 0 Å². The Morgan fingerprint density at radius 3 is 1.67 bits per heavy atom. The van der Waals surface area contributed by atoms with Gasteiger partial charge in [-0.3, -0.25) is 13.5 Å². The highest BCUT2D eigenvalue weighted by molar-refractivity contribution is 7.20. The quantitative estimate of drug-likeness (QED) is 0.0829. The standard InChI is InChI=1S/C55H41N5Si/c1-3-4-29-46-39(2)58(49-32-19-17-30-47(46)49)53-36-41(40-21-9-5-10-22-40)37-54(57-53)60-51-35-34-45(38-52(51)59-50-33-20-18-31-48(50)56-55(59)60)61(42-23-11-6-12-24-42,43-25-13-7-14-26-43)44-27-15-8-16-28-44/h3-38H,1H2,2H3/b29-4-. The Kier molecular flexibility index (Phi) is 8.80. The normalized spacial score (nSPS) is 12.0. The molecule has 0 saturated heterocycles. The molecule has 0 aliphatic rings. The van der Waals surface area contributed by atoms with Crippen molar-refractivity contribution in [2.45, 2.75) is 6.92 Å². The predicted octanol–water partition coefficient (Wildman–Crippen LogP) is 10.3. The second-order valence-electron chi connectivity index (χ2n) is 15.5. The number of allylic oxidation sites excluding steroid dienone is 2.